The van der Waals surface area contributed by atoms with Crippen molar-refractivity contribution in [3.05, 3.63) is 40.2 Å². The number of hydrogen-bond acceptors (Lipinski definition) is 5. The first-order valence-corrected chi connectivity index (χ1v) is 11.9. The van der Waals surface area contributed by atoms with Crippen LogP contribution in [0, 0.1) is 5.92 Å². The third-order valence-corrected chi connectivity index (χ3v) is 7.50. The van der Waals surface area contributed by atoms with E-state index in [1.165, 1.54) is 22.5 Å². The number of amides is 1. The van der Waals surface area contributed by atoms with Gasteiger partial charge in [-0.2, -0.15) is 4.31 Å². The first-order chi connectivity index (χ1) is 14.4. The Kier molecular flexibility index (Phi) is 5.95. The predicted molar refractivity (Wildman–Crippen MR) is 113 cm³/mol. The zero-order valence-electron chi connectivity index (χ0n) is 17.1. The van der Waals surface area contributed by atoms with Gasteiger partial charge in [0.25, 0.3) is 5.91 Å². The molecular weight excluding hydrogens is 406 g/mol. The van der Waals surface area contributed by atoms with Gasteiger partial charge in [-0.25, -0.2) is 8.42 Å². The molecule has 1 aromatic carbocycles. The van der Waals surface area contributed by atoms with Crippen molar-refractivity contribution in [2.24, 2.45) is 5.92 Å². The highest BCUT2D eigenvalue weighted by atomic mass is 32.2. The topological polar surface area (TPSA) is 99.8 Å². The van der Waals surface area contributed by atoms with E-state index in [1.807, 2.05) is 6.92 Å². The van der Waals surface area contributed by atoms with Gasteiger partial charge < -0.3 is 14.6 Å². The number of aromatic nitrogens is 1. The fourth-order valence-electron chi connectivity index (χ4n) is 3.83. The number of aromatic amines is 1. The zero-order chi connectivity index (χ0) is 21.3. The first kappa shape index (κ1) is 21.0. The molecule has 2 fully saturated rings. The maximum absolute atomic E-state index is 13.3. The molecule has 0 bridgehead atoms. The van der Waals surface area contributed by atoms with Crippen LogP contribution in [0.3, 0.4) is 0 Å². The number of carbonyl (C=O) groups is 1. The standard InChI is InChI=1S/C21H27N3O5S/c1-2-7-23(14-15-3-4-15)21(26)18-13-20(25)22-19-6-5-16(12-17(18)19)30(27,28)24-8-10-29-11-9-24/h5-6,12-13,15H,2-4,7-11,14H2,1H3,(H,22,25). The fourth-order valence-corrected chi connectivity index (χ4v) is 5.27. The second-order valence-electron chi connectivity index (χ2n) is 7.97. The Bertz CT molecular complexity index is 1100. The number of hydrogen-bond donors (Lipinski definition) is 1. The van der Waals surface area contributed by atoms with E-state index in [0.717, 1.165) is 19.3 Å². The lowest BCUT2D eigenvalue weighted by molar-refractivity contribution is 0.0730. The van der Waals surface area contributed by atoms with E-state index in [2.05, 4.69) is 4.98 Å². The minimum atomic E-state index is -3.71. The Hall–Kier alpha value is -2.23. The minimum Gasteiger partial charge on any atom is -0.379 e. The number of morpholine rings is 1. The lowest BCUT2D eigenvalue weighted by Crippen LogP contribution is -2.40. The molecule has 1 amide bonds. The molecule has 1 saturated carbocycles. The third kappa shape index (κ3) is 4.28. The van der Waals surface area contributed by atoms with E-state index in [1.54, 1.807) is 11.0 Å². The summed E-state index contributed by atoms with van der Waals surface area (Å²) in [4.78, 5) is 30.1. The number of carbonyl (C=O) groups excluding carboxylic acids is 1. The molecule has 2 aromatic rings. The average Bonchev–Trinajstić information content (AvgIpc) is 3.56. The second-order valence-corrected chi connectivity index (χ2v) is 9.90. The Morgan fingerprint density at radius 1 is 1.23 bits per heavy atom. The van der Waals surface area contributed by atoms with Crippen molar-refractivity contribution in [1.82, 2.24) is 14.2 Å². The van der Waals surface area contributed by atoms with Gasteiger partial charge in [0.05, 0.1) is 23.7 Å². The molecule has 162 valence electrons. The summed E-state index contributed by atoms with van der Waals surface area (Å²) in [6.07, 6.45) is 3.05. The normalized spacial score (nSPS) is 17.9. The Labute approximate surface area is 175 Å². The molecule has 30 heavy (non-hydrogen) atoms. The number of benzene rings is 1. The maximum atomic E-state index is 13.3. The van der Waals surface area contributed by atoms with Gasteiger partial charge >= 0.3 is 0 Å². The molecule has 2 heterocycles. The molecule has 0 radical (unpaired) electrons. The van der Waals surface area contributed by atoms with Gasteiger partial charge in [-0.05, 0) is 43.4 Å². The Balaban J connectivity index is 1.76. The number of ether oxygens (including phenoxy) is 1. The van der Waals surface area contributed by atoms with Crippen LogP contribution in [-0.4, -0.2) is 67.9 Å². The van der Waals surface area contributed by atoms with Crippen LogP contribution in [0.4, 0.5) is 0 Å². The van der Waals surface area contributed by atoms with Crippen LogP contribution in [-0.2, 0) is 14.8 Å². The largest absolute Gasteiger partial charge is 0.379 e. The number of pyridine rings is 1. The van der Waals surface area contributed by atoms with Crippen molar-refractivity contribution in [1.29, 1.82) is 0 Å². The van der Waals surface area contributed by atoms with Gasteiger partial charge in [0.2, 0.25) is 15.6 Å². The van der Waals surface area contributed by atoms with Crippen LogP contribution in [0.2, 0.25) is 0 Å². The highest BCUT2D eigenvalue weighted by Gasteiger charge is 2.29. The van der Waals surface area contributed by atoms with Gasteiger partial charge in [-0.15, -0.1) is 0 Å². The summed E-state index contributed by atoms with van der Waals surface area (Å²) in [5, 5.41) is 0.450. The van der Waals surface area contributed by atoms with Crippen LogP contribution in [0.25, 0.3) is 10.9 Å². The molecule has 0 atom stereocenters. The number of H-pyrrole nitrogens is 1. The van der Waals surface area contributed by atoms with Crippen molar-refractivity contribution in [3.8, 4) is 0 Å². The number of rotatable bonds is 7. The number of nitrogens with one attached hydrogen (secondary N) is 1. The Morgan fingerprint density at radius 3 is 2.63 bits per heavy atom. The molecule has 9 heteroatoms. The molecule has 8 nitrogen and oxygen atoms in total. The predicted octanol–water partition coefficient (Wildman–Crippen LogP) is 1.81. The van der Waals surface area contributed by atoms with Crippen LogP contribution < -0.4 is 5.56 Å². The molecule has 0 unspecified atom stereocenters. The van der Waals surface area contributed by atoms with Gasteiger partial charge in [0.1, 0.15) is 0 Å². The van der Waals surface area contributed by atoms with Gasteiger partial charge in [0, 0.05) is 43.1 Å². The molecule has 1 N–H and O–H groups in total. The van der Waals surface area contributed by atoms with Crippen LogP contribution in [0.15, 0.2) is 34.0 Å². The third-order valence-electron chi connectivity index (χ3n) is 5.61. The summed E-state index contributed by atoms with van der Waals surface area (Å²) in [7, 11) is -3.71. The summed E-state index contributed by atoms with van der Waals surface area (Å²) in [5.74, 6) is 0.298. The van der Waals surface area contributed by atoms with Crippen molar-refractivity contribution in [2.45, 2.75) is 31.1 Å². The number of sulfonamides is 1. The van der Waals surface area contributed by atoms with E-state index in [0.29, 0.717) is 56.2 Å². The molecule has 1 aliphatic carbocycles. The monoisotopic (exact) mass is 433 g/mol. The first-order valence-electron chi connectivity index (χ1n) is 10.4. The van der Waals surface area contributed by atoms with Crippen LogP contribution in [0.5, 0.6) is 0 Å². The van der Waals surface area contributed by atoms with Crippen molar-refractivity contribution < 1.29 is 17.9 Å². The smallest absolute Gasteiger partial charge is 0.254 e. The summed E-state index contributed by atoms with van der Waals surface area (Å²) >= 11 is 0. The molecule has 1 aliphatic heterocycles. The molecule has 1 saturated heterocycles. The fraction of sp³-hybridized carbons (Fsp3) is 0.524. The highest BCUT2D eigenvalue weighted by Crippen LogP contribution is 2.31. The van der Waals surface area contributed by atoms with E-state index >= 15 is 0 Å². The van der Waals surface area contributed by atoms with E-state index in [4.69, 9.17) is 4.74 Å². The van der Waals surface area contributed by atoms with Crippen molar-refractivity contribution in [2.75, 3.05) is 39.4 Å². The maximum Gasteiger partial charge on any atom is 0.254 e. The Morgan fingerprint density at radius 2 is 1.97 bits per heavy atom. The second kappa shape index (κ2) is 8.49. The van der Waals surface area contributed by atoms with Crippen LogP contribution >= 0.6 is 0 Å². The van der Waals surface area contributed by atoms with E-state index < -0.39 is 10.0 Å². The average molecular weight is 434 g/mol. The quantitative estimate of drug-likeness (QED) is 0.718. The molecule has 1 aromatic heterocycles. The lowest BCUT2D eigenvalue weighted by Gasteiger charge is -2.26. The molecule has 2 aliphatic rings. The van der Waals surface area contributed by atoms with Crippen molar-refractivity contribution >= 4 is 26.8 Å². The molecule has 0 spiro atoms. The van der Waals surface area contributed by atoms with Gasteiger partial charge in [-0.1, -0.05) is 6.92 Å². The summed E-state index contributed by atoms with van der Waals surface area (Å²) in [6.45, 7) is 4.60. The van der Waals surface area contributed by atoms with E-state index in [9.17, 15) is 18.0 Å². The SMILES string of the molecule is CCCN(CC1CC1)C(=O)c1cc(=O)[nH]c2ccc(S(=O)(=O)N3CCOCC3)cc12. The van der Waals surface area contributed by atoms with Crippen molar-refractivity contribution in [3.63, 3.8) is 0 Å². The minimum absolute atomic E-state index is 0.113. The zero-order valence-corrected chi connectivity index (χ0v) is 17.9. The van der Waals surface area contributed by atoms with Gasteiger partial charge in [0.15, 0.2) is 0 Å². The summed E-state index contributed by atoms with van der Waals surface area (Å²) in [5.41, 5.74) is 0.328. The number of nitrogens with zero attached hydrogens (tertiary/aromatic N) is 2. The lowest BCUT2D eigenvalue weighted by atomic mass is 10.1. The summed E-state index contributed by atoms with van der Waals surface area (Å²) < 4.78 is 32.8. The summed E-state index contributed by atoms with van der Waals surface area (Å²) in [6, 6.07) is 5.83. The number of fused-ring (bicyclic) bond motifs is 1. The molecular formula is C21H27N3O5S. The van der Waals surface area contributed by atoms with E-state index in [-0.39, 0.29) is 21.9 Å². The highest BCUT2D eigenvalue weighted by molar-refractivity contribution is 7.89. The molecule has 4 rings (SSSR count). The van der Waals surface area contributed by atoms with Gasteiger partial charge in [-0.3, -0.25) is 9.59 Å². The van der Waals surface area contributed by atoms with Crippen LogP contribution in [0.1, 0.15) is 36.5 Å².